The van der Waals surface area contributed by atoms with Crippen molar-refractivity contribution in [2.75, 3.05) is 46.6 Å². The molecular formula is C12H28N2O2. The average molecular weight is 232 g/mol. The molecule has 0 atom stereocenters. The number of nitrogens with zero attached hydrogens (tertiary/aromatic N) is 1. The Morgan fingerprint density at radius 3 is 2.19 bits per heavy atom. The van der Waals surface area contributed by atoms with E-state index in [0.717, 1.165) is 26.3 Å². The lowest BCUT2D eigenvalue weighted by atomic mass is 10.1. The lowest BCUT2D eigenvalue weighted by molar-refractivity contribution is 0.0686. The van der Waals surface area contributed by atoms with Gasteiger partial charge >= 0.3 is 0 Å². The van der Waals surface area contributed by atoms with Crippen LogP contribution in [0.4, 0.5) is 0 Å². The van der Waals surface area contributed by atoms with Crippen LogP contribution in [-0.4, -0.2) is 57.5 Å². The van der Waals surface area contributed by atoms with Crippen LogP contribution >= 0.6 is 0 Å². The maximum absolute atomic E-state index is 5.42. The second-order valence-corrected chi connectivity index (χ2v) is 3.90. The molecule has 2 N–H and O–H groups in total. The number of ether oxygens (including phenoxy) is 2. The minimum absolute atomic E-state index is 0.600. The molecule has 16 heavy (non-hydrogen) atoms. The van der Waals surface area contributed by atoms with Gasteiger partial charge in [-0.3, -0.25) is 4.90 Å². The van der Waals surface area contributed by atoms with Gasteiger partial charge in [-0.15, -0.1) is 0 Å². The molecule has 4 heteroatoms. The summed E-state index contributed by atoms with van der Waals surface area (Å²) in [7, 11) is 1.75. The first-order chi connectivity index (χ1) is 7.79. The highest BCUT2D eigenvalue weighted by Gasteiger charge is 2.14. The van der Waals surface area contributed by atoms with E-state index in [-0.39, 0.29) is 0 Å². The Hall–Kier alpha value is -0.160. The normalized spacial score (nSPS) is 11.6. The molecule has 0 radical (unpaired) electrons. The van der Waals surface area contributed by atoms with Gasteiger partial charge in [0.15, 0.2) is 0 Å². The minimum Gasteiger partial charge on any atom is -0.383 e. The summed E-state index contributed by atoms with van der Waals surface area (Å²) in [6, 6.07) is 0.636. The van der Waals surface area contributed by atoms with Crippen molar-refractivity contribution in [3.05, 3.63) is 0 Å². The van der Waals surface area contributed by atoms with E-state index < -0.39 is 0 Å². The van der Waals surface area contributed by atoms with Crippen molar-refractivity contribution in [3.63, 3.8) is 0 Å². The Bertz CT molecular complexity index is 141. The van der Waals surface area contributed by atoms with E-state index in [1.807, 2.05) is 0 Å². The third-order valence-corrected chi connectivity index (χ3v) is 2.83. The number of hydrogen-bond donors (Lipinski definition) is 1. The van der Waals surface area contributed by atoms with Gasteiger partial charge in [0, 0.05) is 32.8 Å². The van der Waals surface area contributed by atoms with Gasteiger partial charge in [0.1, 0.15) is 0 Å². The van der Waals surface area contributed by atoms with Crippen molar-refractivity contribution in [1.82, 2.24) is 4.90 Å². The molecule has 98 valence electrons. The molecule has 0 bridgehead atoms. The van der Waals surface area contributed by atoms with E-state index in [4.69, 9.17) is 15.2 Å². The molecule has 0 spiro atoms. The minimum atomic E-state index is 0.600. The monoisotopic (exact) mass is 232 g/mol. The predicted molar refractivity (Wildman–Crippen MR) is 67.7 cm³/mol. The SMILES string of the molecule is CCC(CC)N(CCOC)CCOCCN. The third kappa shape index (κ3) is 7.17. The quantitative estimate of drug-likeness (QED) is 0.542. The van der Waals surface area contributed by atoms with Gasteiger partial charge in [-0.25, -0.2) is 0 Å². The number of methoxy groups -OCH3 is 1. The van der Waals surface area contributed by atoms with Crippen LogP contribution in [0, 0.1) is 0 Å². The summed E-state index contributed by atoms with van der Waals surface area (Å²) in [6.07, 6.45) is 2.36. The highest BCUT2D eigenvalue weighted by atomic mass is 16.5. The molecule has 0 aliphatic carbocycles. The Balaban J connectivity index is 3.88. The molecule has 0 saturated carbocycles. The summed E-state index contributed by atoms with van der Waals surface area (Å²) < 4.78 is 10.6. The predicted octanol–water partition coefficient (Wildman–Crippen LogP) is 1.10. The largest absolute Gasteiger partial charge is 0.383 e. The molecule has 0 rings (SSSR count). The zero-order chi connectivity index (χ0) is 12.2. The van der Waals surface area contributed by atoms with Crippen LogP contribution in [0.3, 0.4) is 0 Å². The first kappa shape index (κ1) is 15.8. The van der Waals surface area contributed by atoms with E-state index in [2.05, 4.69) is 18.7 Å². The van der Waals surface area contributed by atoms with Crippen LogP contribution in [-0.2, 0) is 9.47 Å². The summed E-state index contributed by atoms with van der Waals surface area (Å²) in [6.45, 7) is 9.21. The van der Waals surface area contributed by atoms with Crippen LogP contribution in [0.15, 0.2) is 0 Å². The Kier molecular flexibility index (Phi) is 11.2. The maximum Gasteiger partial charge on any atom is 0.0594 e. The fourth-order valence-electron chi connectivity index (χ4n) is 1.86. The zero-order valence-corrected chi connectivity index (χ0v) is 11.1. The van der Waals surface area contributed by atoms with E-state index in [1.54, 1.807) is 7.11 Å². The van der Waals surface area contributed by atoms with Gasteiger partial charge < -0.3 is 15.2 Å². The summed E-state index contributed by atoms with van der Waals surface area (Å²) in [5, 5.41) is 0. The molecule has 0 aliphatic heterocycles. The topological polar surface area (TPSA) is 47.7 Å². The van der Waals surface area contributed by atoms with Crippen molar-refractivity contribution < 1.29 is 9.47 Å². The lowest BCUT2D eigenvalue weighted by Gasteiger charge is -2.30. The molecule has 0 amide bonds. The molecule has 0 saturated heterocycles. The highest BCUT2D eigenvalue weighted by molar-refractivity contribution is 4.68. The van der Waals surface area contributed by atoms with Gasteiger partial charge in [0.25, 0.3) is 0 Å². The second-order valence-electron chi connectivity index (χ2n) is 3.90. The highest BCUT2D eigenvalue weighted by Crippen LogP contribution is 2.07. The standard InChI is InChI=1S/C12H28N2O2/c1-4-12(5-2)14(7-10-15-3)8-11-16-9-6-13/h12H,4-11,13H2,1-3H3. The summed E-state index contributed by atoms with van der Waals surface area (Å²) in [5.74, 6) is 0. The van der Waals surface area contributed by atoms with Crippen LogP contribution < -0.4 is 5.73 Å². The van der Waals surface area contributed by atoms with E-state index >= 15 is 0 Å². The van der Waals surface area contributed by atoms with E-state index in [1.165, 1.54) is 12.8 Å². The Morgan fingerprint density at radius 1 is 1.06 bits per heavy atom. The van der Waals surface area contributed by atoms with Crippen molar-refractivity contribution in [1.29, 1.82) is 0 Å². The lowest BCUT2D eigenvalue weighted by Crippen LogP contribution is -2.39. The second kappa shape index (κ2) is 11.3. The van der Waals surface area contributed by atoms with Crippen molar-refractivity contribution >= 4 is 0 Å². The van der Waals surface area contributed by atoms with Gasteiger partial charge in [-0.05, 0) is 12.8 Å². The van der Waals surface area contributed by atoms with Crippen LogP contribution in [0.25, 0.3) is 0 Å². The smallest absolute Gasteiger partial charge is 0.0594 e. The summed E-state index contributed by atoms with van der Waals surface area (Å²) >= 11 is 0. The first-order valence-electron chi connectivity index (χ1n) is 6.30. The van der Waals surface area contributed by atoms with E-state index in [0.29, 0.717) is 19.2 Å². The zero-order valence-electron chi connectivity index (χ0n) is 11.1. The fourth-order valence-corrected chi connectivity index (χ4v) is 1.86. The molecule has 0 aromatic heterocycles. The number of rotatable bonds is 11. The molecule has 4 nitrogen and oxygen atoms in total. The summed E-state index contributed by atoms with van der Waals surface area (Å²) in [5.41, 5.74) is 5.38. The maximum atomic E-state index is 5.42. The van der Waals surface area contributed by atoms with Gasteiger partial charge in [-0.1, -0.05) is 13.8 Å². The molecular weight excluding hydrogens is 204 g/mol. The summed E-state index contributed by atoms with van der Waals surface area (Å²) in [4.78, 5) is 2.44. The van der Waals surface area contributed by atoms with Gasteiger partial charge in [0.05, 0.1) is 19.8 Å². The number of nitrogens with two attached hydrogens (primary N) is 1. The van der Waals surface area contributed by atoms with Gasteiger partial charge in [0.2, 0.25) is 0 Å². The average Bonchev–Trinajstić information content (AvgIpc) is 2.31. The van der Waals surface area contributed by atoms with E-state index in [9.17, 15) is 0 Å². The molecule has 0 fully saturated rings. The van der Waals surface area contributed by atoms with Crippen molar-refractivity contribution in [2.45, 2.75) is 32.7 Å². The molecule has 0 aromatic rings. The molecule has 0 aliphatic rings. The van der Waals surface area contributed by atoms with Crippen molar-refractivity contribution in [2.24, 2.45) is 5.73 Å². The molecule has 0 aromatic carbocycles. The van der Waals surface area contributed by atoms with Crippen LogP contribution in [0.1, 0.15) is 26.7 Å². The van der Waals surface area contributed by atoms with Crippen LogP contribution in [0.5, 0.6) is 0 Å². The van der Waals surface area contributed by atoms with Crippen molar-refractivity contribution in [3.8, 4) is 0 Å². The Labute approximate surface area is 100 Å². The molecule has 0 heterocycles. The van der Waals surface area contributed by atoms with Gasteiger partial charge in [-0.2, -0.15) is 0 Å². The third-order valence-electron chi connectivity index (χ3n) is 2.83. The first-order valence-corrected chi connectivity index (χ1v) is 6.30. The Morgan fingerprint density at radius 2 is 1.69 bits per heavy atom. The number of hydrogen-bond acceptors (Lipinski definition) is 4. The van der Waals surface area contributed by atoms with Crippen LogP contribution in [0.2, 0.25) is 0 Å². The fraction of sp³-hybridized carbons (Fsp3) is 1.00. The molecule has 0 unspecified atom stereocenters.